The van der Waals surface area contributed by atoms with Crippen molar-refractivity contribution in [2.24, 2.45) is 5.41 Å². The Morgan fingerprint density at radius 3 is 2.57 bits per heavy atom. The van der Waals surface area contributed by atoms with Crippen LogP contribution >= 0.6 is 11.6 Å². The highest BCUT2D eigenvalue weighted by atomic mass is 35.5. The largest absolute Gasteiger partial charge is 0.497 e. The van der Waals surface area contributed by atoms with Gasteiger partial charge in [0, 0.05) is 54.2 Å². The van der Waals surface area contributed by atoms with Crippen molar-refractivity contribution in [1.29, 1.82) is 0 Å². The first-order valence-electron chi connectivity index (χ1n) is 11.8. The smallest absolute Gasteiger partial charge is 0.161 e. The number of alkyl halides is 1. The molecule has 0 radical (unpaired) electrons. The molecule has 0 bridgehead atoms. The lowest BCUT2D eigenvalue weighted by Crippen LogP contribution is -2.60. The fourth-order valence-electron chi connectivity index (χ4n) is 4.30. The number of fused-ring (bicyclic) bond motifs is 1. The van der Waals surface area contributed by atoms with Gasteiger partial charge in [0.15, 0.2) is 5.65 Å². The predicted molar refractivity (Wildman–Crippen MR) is 137 cm³/mol. The van der Waals surface area contributed by atoms with Crippen molar-refractivity contribution in [3.05, 3.63) is 36.0 Å². The molecule has 0 saturated carbocycles. The number of ether oxygens (including phenoxy) is 2. The molecule has 3 heterocycles. The summed E-state index contributed by atoms with van der Waals surface area (Å²) in [4.78, 5) is 7.14. The van der Waals surface area contributed by atoms with E-state index in [1.807, 2.05) is 28.9 Å². The van der Waals surface area contributed by atoms with Crippen LogP contribution in [0.2, 0.25) is 0 Å². The van der Waals surface area contributed by atoms with Crippen molar-refractivity contribution in [1.82, 2.24) is 19.9 Å². The maximum atomic E-state index is 10.0. The Hall–Kier alpha value is -2.59. The Morgan fingerprint density at radius 1 is 1.20 bits per heavy atom. The van der Waals surface area contributed by atoms with Crippen molar-refractivity contribution in [3.8, 4) is 22.8 Å². The number of hydrogen-bond donors (Lipinski definition) is 3. The van der Waals surface area contributed by atoms with Gasteiger partial charge in [-0.25, -0.2) is 4.98 Å². The minimum atomic E-state index is -0.628. The monoisotopic (exact) mass is 503 g/mol. The number of anilines is 1. The lowest BCUT2D eigenvalue weighted by Gasteiger charge is -2.49. The van der Waals surface area contributed by atoms with Crippen molar-refractivity contribution in [2.45, 2.75) is 25.9 Å². The summed E-state index contributed by atoms with van der Waals surface area (Å²) in [5.41, 5.74) is 3.11. The number of rotatable bonds is 11. The van der Waals surface area contributed by atoms with Crippen LogP contribution in [0, 0.1) is 5.41 Å². The number of hydrogen-bond acceptors (Lipinski definition) is 8. The third kappa shape index (κ3) is 5.18. The van der Waals surface area contributed by atoms with Crippen molar-refractivity contribution in [2.75, 3.05) is 57.8 Å². The van der Waals surface area contributed by atoms with Gasteiger partial charge in [0.05, 0.1) is 25.6 Å². The zero-order valence-electron chi connectivity index (χ0n) is 20.7. The molecule has 0 spiro atoms. The Balaban J connectivity index is 1.76. The van der Waals surface area contributed by atoms with Crippen LogP contribution in [0.15, 0.2) is 30.5 Å². The minimum absolute atomic E-state index is 0.0421. The summed E-state index contributed by atoms with van der Waals surface area (Å²) in [7, 11) is 3.39. The molecule has 1 aliphatic heterocycles. The van der Waals surface area contributed by atoms with Gasteiger partial charge in [-0.15, -0.1) is 11.6 Å². The van der Waals surface area contributed by atoms with Gasteiger partial charge in [0.1, 0.15) is 30.0 Å². The molecule has 9 nitrogen and oxygen atoms in total. The second-order valence-corrected chi connectivity index (χ2v) is 9.82. The van der Waals surface area contributed by atoms with Gasteiger partial charge >= 0.3 is 0 Å². The van der Waals surface area contributed by atoms with Crippen LogP contribution in [0.1, 0.15) is 25.3 Å². The topological polar surface area (TPSA) is 104 Å². The van der Waals surface area contributed by atoms with E-state index in [0.29, 0.717) is 37.0 Å². The number of aromatic nitrogens is 3. The van der Waals surface area contributed by atoms with Gasteiger partial charge in [-0.2, -0.15) is 9.61 Å². The molecule has 4 rings (SSSR count). The maximum absolute atomic E-state index is 10.0. The van der Waals surface area contributed by atoms with Crippen LogP contribution in [0.25, 0.3) is 16.9 Å². The highest BCUT2D eigenvalue weighted by molar-refractivity contribution is 6.18. The van der Waals surface area contributed by atoms with Crippen molar-refractivity contribution in [3.63, 3.8) is 0 Å². The van der Waals surface area contributed by atoms with E-state index < -0.39 is 6.10 Å². The predicted octanol–water partition coefficient (Wildman–Crippen LogP) is 2.52. The van der Waals surface area contributed by atoms with E-state index in [2.05, 4.69) is 29.2 Å². The lowest BCUT2D eigenvalue weighted by molar-refractivity contribution is 0.108. The van der Waals surface area contributed by atoms with E-state index in [1.165, 1.54) is 0 Å². The third-order valence-electron chi connectivity index (χ3n) is 6.39. The van der Waals surface area contributed by atoms with E-state index in [-0.39, 0.29) is 24.5 Å². The zero-order chi connectivity index (χ0) is 25.2. The molecule has 1 saturated heterocycles. The van der Waals surface area contributed by atoms with Gasteiger partial charge in [-0.3, -0.25) is 0 Å². The Kier molecular flexibility index (Phi) is 7.70. The minimum Gasteiger partial charge on any atom is -0.497 e. The van der Waals surface area contributed by atoms with Crippen molar-refractivity contribution >= 4 is 23.1 Å². The SMILES string of the molecule is CNCC(O)COc1cc(OC)cc(-c2cc(N3CC(CO)(CCl)C3)n3ncc(C(C)C)c3n2)c1. The molecule has 190 valence electrons. The molecule has 1 aliphatic rings. The van der Waals surface area contributed by atoms with Gasteiger partial charge in [-0.1, -0.05) is 13.8 Å². The highest BCUT2D eigenvalue weighted by Gasteiger charge is 2.43. The molecule has 35 heavy (non-hydrogen) atoms. The Morgan fingerprint density at radius 2 is 1.94 bits per heavy atom. The van der Waals surface area contributed by atoms with Crippen LogP contribution < -0.4 is 19.7 Å². The Labute approximate surface area is 210 Å². The summed E-state index contributed by atoms with van der Waals surface area (Å²) in [5, 5.41) is 27.4. The highest BCUT2D eigenvalue weighted by Crippen LogP contribution is 2.38. The maximum Gasteiger partial charge on any atom is 0.161 e. The molecule has 3 N–H and O–H groups in total. The first kappa shape index (κ1) is 25.5. The third-order valence-corrected chi connectivity index (χ3v) is 6.96. The number of methoxy groups -OCH3 is 1. The van der Waals surface area contributed by atoms with Crippen LogP contribution in [-0.4, -0.2) is 83.8 Å². The van der Waals surface area contributed by atoms with Crippen molar-refractivity contribution < 1.29 is 19.7 Å². The summed E-state index contributed by atoms with van der Waals surface area (Å²) in [6.07, 6.45) is 1.24. The molecule has 1 fully saturated rings. The van der Waals surface area contributed by atoms with E-state index in [9.17, 15) is 10.2 Å². The van der Waals surface area contributed by atoms with E-state index >= 15 is 0 Å². The molecule has 1 aromatic carbocycles. The van der Waals surface area contributed by atoms with Gasteiger partial charge in [0.25, 0.3) is 0 Å². The average molecular weight is 504 g/mol. The fraction of sp³-hybridized carbons (Fsp3) is 0.520. The van der Waals surface area contributed by atoms with E-state index in [0.717, 1.165) is 28.3 Å². The number of aliphatic hydroxyl groups excluding tert-OH is 2. The second kappa shape index (κ2) is 10.6. The van der Waals surface area contributed by atoms with E-state index in [1.54, 1.807) is 20.2 Å². The lowest BCUT2D eigenvalue weighted by atomic mass is 9.82. The van der Waals surface area contributed by atoms with Gasteiger partial charge in [0.2, 0.25) is 0 Å². The number of nitrogens with zero attached hydrogens (tertiary/aromatic N) is 4. The molecule has 0 aliphatic carbocycles. The summed E-state index contributed by atoms with van der Waals surface area (Å²) < 4.78 is 13.2. The number of likely N-dealkylation sites (N-methyl/N-ethyl adjacent to an activating group) is 1. The average Bonchev–Trinajstić information content (AvgIpc) is 3.27. The zero-order valence-corrected chi connectivity index (χ0v) is 21.4. The first-order valence-corrected chi connectivity index (χ1v) is 12.3. The number of nitrogens with one attached hydrogen (secondary N) is 1. The molecular weight excluding hydrogens is 470 g/mol. The summed E-state index contributed by atoms with van der Waals surface area (Å²) in [5.74, 6) is 2.75. The van der Waals surface area contributed by atoms with Crippen LogP contribution in [0.5, 0.6) is 11.5 Å². The molecule has 10 heteroatoms. The molecule has 0 amide bonds. The van der Waals surface area contributed by atoms with Crippen LogP contribution in [-0.2, 0) is 0 Å². The fourth-order valence-corrected chi connectivity index (χ4v) is 4.56. The number of benzene rings is 1. The molecular formula is C25H34ClN5O4. The standard InChI is InChI=1S/C25H34ClN5O4/c1-16(2)21-10-28-31-23(30-13-25(12-26,14-30)15-32)8-22(29-24(21)31)17-5-19(34-4)7-20(6-17)35-11-18(33)9-27-3/h5-8,10,16,18,27,32-33H,9,11-15H2,1-4H3. The molecule has 1 atom stereocenters. The summed E-state index contributed by atoms with van der Waals surface area (Å²) in [6.45, 7) is 6.14. The van der Waals surface area contributed by atoms with Crippen LogP contribution in [0.3, 0.4) is 0 Å². The Bertz CT molecular complexity index is 1160. The second-order valence-electron chi connectivity index (χ2n) is 9.56. The normalized spacial score (nSPS) is 15.9. The molecule has 3 aromatic rings. The molecule has 1 unspecified atom stereocenters. The van der Waals surface area contributed by atoms with Crippen LogP contribution in [0.4, 0.5) is 5.82 Å². The van der Waals surface area contributed by atoms with E-state index in [4.69, 9.17) is 26.1 Å². The number of halogens is 1. The van der Waals surface area contributed by atoms with Gasteiger partial charge < -0.3 is 29.9 Å². The summed E-state index contributed by atoms with van der Waals surface area (Å²) in [6, 6.07) is 7.60. The first-order chi connectivity index (χ1) is 16.8. The quantitative estimate of drug-likeness (QED) is 0.343. The molecule has 2 aromatic heterocycles. The summed E-state index contributed by atoms with van der Waals surface area (Å²) >= 11 is 6.16. The van der Waals surface area contributed by atoms with Gasteiger partial charge in [-0.05, 0) is 25.1 Å². The number of aliphatic hydroxyl groups is 2.